The Bertz CT molecular complexity index is 1010. The summed E-state index contributed by atoms with van der Waals surface area (Å²) in [4.78, 5) is 22.9. The number of carbonyl (C=O) groups excluding carboxylic acids is 1. The number of carbonyl (C=O) groups is 1. The van der Waals surface area contributed by atoms with Crippen LogP contribution in [0.1, 0.15) is 16.7 Å². The van der Waals surface area contributed by atoms with Gasteiger partial charge in [0.25, 0.3) is 5.69 Å². The highest BCUT2D eigenvalue weighted by molar-refractivity contribution is 6.06. The van der Waals surface area contributed by atoms with Crippen molar-refractivity contribution in [3.8, 4) is 6.07 Å². The second-order valence-corrected chi connectivity index (χ2v) is 5.64. The molecule has 0 fully saturated rings. The minimum atomic E-state index is -1.66. The molecular formula is C18H12FN3O4. The minimum absolute atomic E-state index is 0.0820. The molecule has 1 atom stereocenters. The van der Waals surface area contributed by atoms with Gasteiger partial charge in [0.1, 0.15) is 11.2 Å². The van der Waals surface area contributed by atoms with Crippen LogP contribution in [0, 0.1) is 27.3 Å². The topological polar surface area (TPSA) is 119 Å². The van der Waals surface area contributed by atoms with E-state index in [0.29, 0.717) is 11.1 Å². The zero-order valence-corrected chi connectivity index (χ0v) is 13.5. The number of hydrogen-bond donors (Lipinski definition) is 1. The van der Waals surface area contributed by atoms with Crippen molar-refractivity contribution in [1.29, 1.82) is 5.26 Å². The van der Waals surface area contributed by atoms with Crippen LogP contribution in [0.4, 0.5) is 10.1 Å². The Morgan fingerprint density at radius 2 is 1.96 bits per heavy atom. The average Bonchev–Trinajstić information content (AvgIpc) is 2.90. The second kappa shape index (κ2) is 5.97. The van der Waals surface area contributed by atoms with E-state index < -0.39 is 22.1 Å². The van der Waals surface area contributed by atoms with Crippen LogP contribution < -0.4 is 5.73 Å². The van der Waals surface area contributed by atoms with Gasteiger partial charge < -0.3 is 10.5 Å². The number of non-ortho nitro benzene ring substituents is 1. The number of nitro benzene ring substituents is 1. The molecule has 1 aliphatic carbocycles. The predicted octanol–water partition coefficient (Wildman–Crippen LogP) is 2.40. The number of rotatable bonds is 3. The van der Waals surface area contributed by atoms with Gasteiger partial charge in [0.2, 0.25) is 0 Å². The Kier molecular flexibility index (Phi) is 3.93. The number of methoxy groups -OCH3 is 1. The Hall–Kier alpha value is -3.73. The van der Waals surface area contributed by atoms with Crippen molar-refractivity contribution < 1.29 is 18.8 Å². The minimum Gasteiger partial charge on any atom is -0.466 e. The summed E-state index contributed by atoms with van der Waals surface area (Å²) in [7, 11) is 1.14. The summed E-state index contributed by atoms with van der Waals surface area (Å²) >= 11 is 0. The molecule has 8 heteroatoms. The molecule has 0 spiro atoms. The molecule has 0 heterocycles. The molecule has 1 unspecified atom stereocenters. The van der Waals surface area contributed by atoms with E-state index in [2.05, 4.69) is 6.07 Å². The number of hydrogen-bond acceptors (Lipinski definition) is 6. The molecule has 0 saturated heterocycles. The smallest absolute Gasteiger partial charge is 0.338 e. The molecule has 7 nitrogen and oxygen atoms in total. The molecule has 0 aliphatic heterocycles. The first-order valence-electron chi connectivity index (χ1n) is 7.42. The lowest BCUT2D eigenvalue weighted by atomic mass is 9.73. The molecule has 2 aromatic rings. The molecular weight excluding hydrogens is 341 g/mol. The highest BCUT2D eigenvalue weighted by Gasteiger charge is 2.50. The number of nitrogens with two attached hydrogens (primary N) is 1. The lowest BCUT2D eigenvalue weighted by Crippen LogP contribution is -2.31. The van der Waals surface area contributed by atoms with Crippen molar-refractivity contribution in [3.05, 3.63) is 80.7 Å². The third-order valence-electron chi connectivity index (χ3n) is 4.39. The van der Waals surface area contributed by atoms with Crippen LogP contribution >= 0.6 is 0 Å². The van der Waals surface area contributed by atoms with Crippen LogP contribution in [0.25, 0.3) is 5.70 Å². The van der Waals surface area contributed by atoms with E-state index in [1.807, 2.05) is 0 Å². The van der Waals surface area contributed by atoms with Crippen LogP contribution in [0.3, 0.4) is 0 Å². The maximum absolute atomic E-state index is 13.4. The van der Waals surface area contributed by atoms with Crippen molar-refractivity contribution in [2.24, 2.45) is 5.73 Å². The van der Waals surface area contributed by atoms with Gasteiger partial charge in [-0.2, -0.15) is 5.26 Å². The highest BCUT2D eigenvalue weighted by Crippen LogP contribution is 2.49. The molecule has 0 aromatic heterocycles. The van der Waals surface area contributed by atoms with Gasteiger partial charge in [-0.3, -0.25) is 10.1 Å². The van der Waals surface area contributed by atoms with E-state index in [0.717, 1.165) is 19.2 Å². The SMILES string of the molecule is COC(=O)C1=C(N)c2cc([N+](=O)[O-])ccc2C1(C#N)c1ccc(F)cc1. The molecule has 0 saturated carbocycles. The monoisotopic (exact) mass is 353 g/mol. The zero-order chi connectivity index (χ0) is 19.1. The fourth-order valence-corrected chi connectivity index (χ4v) is 3.21. The van der Waals surface area contributed by atoms with Gasteiger partial charge in [0.15, 0.2) is 0 Å². The lowest BCUT2D eigenvalue weighted by molar-refractivity contribution is -0.384. The number of ether oxygens (including phenoxy) is 1. The normalized spacial score (nSPS) is 18.2. The van der Waals surface area contributed by atoms with Gasteiger partial charge >= 0.3 is 5.97 Å². The van der Waals surface area contributed by atoms with Crippen molar-refractivity contribution in [3.63, 3.8) is 0 Å². The first kappa shape index (κ1) is 17.1. The number of nitrogens with zero attached hydrogens (tertiary/aromatic N) is 2. The average molecular weight is 353 g/mol. The second-order valence-electron chi connectivity index (χ2n) is 5.64. The lowest BCUT2D eigenvalue weighted by Gasteiger charge is -2.25. The maximum Gasteiger partial charge on any atom is 0.338 e. The molecule has 130 valence electrons. The van der Waals surface area contributed by atoms with Crippen LogP contribution in [0.2, 0.25) is 0 Å². The first-order chi connectivity index (χ1) is 12.4. The van der Waals surface area contributed by atoms with Crippen molar-refractivity contribution in [2.45, 2.75) is 5.41 Å². The largest absolute Gasteiger partial charge is 0.466 e. The predicted molar refractivity (Wildman–Crippen MR) is 89.0 cm³/mol. The van der Waals surface area contributed by atoms with Crippen LogP contribution in [0.5, 0.6) is 0 Å². The fraction of sp³-hybridized carbons (Fsp3) is 0.111. The Morgan fingerprint density at radius 1 is 1.31 bits per heavy atom. The molecule has 26 heavy (non-hydrogen) atoms. The van der Waals surface area contributed by atoms with E-state index >= 15 is 0 Å². The molecule has 0 amide bonds. The summed E-state index contributed by atoms with van der Waals surface area (Å²) < 4.78 is 18.1. The highest BCUT2D eigenvalue weighted by atomic mass is 19.1. The third kappa shape index (κ3) is 2.22. The Labute approximate surface area is 147 Å². The van der Waals surface area contributed by atoms with E-state index in [9.17, 15) is 24.6 Å². The number of nitriles is 1. The molecule has 0 bridgehead atoms. The summed E-state index contributed by atoms with van der Waals surface area (Å²) in [6.07, 6.45) is 0. The molecule has 2 N–H and O–H groups in total. The summed E-state index contributed by atoms with van der Waals surface area (Å²) in [5, 5.41) is 21.1. The standard InChI is InChI=1S/C18H12FN3O4/c1-26-17(23)15-16(21)13-8-12(22(24)25)6-7-14(13)18(15,9-20)10-2-4-11(19)5-3-10/h2-8H,21H2,1H3. The zero-order valence-electron chi connectivity index (χ0n) is 13.5. The summed E-state index contributed by atoms with van der Waals surface area (Å²) in [5.74, 6) is -1.35. The molecule has 3 rings (SSSR count). The third-order valence-corrected chi connectivity index (χ3v) is 4.39. The van der Waals surface area contributed by atoms with Crippen molar-refractivity contribution >= 4 is 17.4 Å². The number of nitro groups is 1. The Morgan fingerprint density at radius 3 is 2.50 bits per heavy atom. The quantitative estimate of drug-likeness (QED) is 0.514. The first-order valence-corrected chi connectivity index (χ1v) is 7.42. The number of benzene rings is 2. The van der Waals surface area contributed by atoms with E-state index in [4.69, 9.17) is 10.5 Å². The fourth-order valence-electron chi connectivity index (χ4n) is 3.21. The van der Waals surface area contributed by atoms with Crippen LogP contribution in [-0.4, -0.2) is 18.0 Å². The van der Waals surface area contributed by atoms with Gasteiger partial charge in [0, 0.05) is 17.7 Å². The van der Waals surface area contributed by atoms with Gasteiger partial charge in [0.05, 0.1) is 29.4 Å². The summed E-state index contributed by atoms with van der Waals surface area (Å²) in [5.41, 5.74) is 4.77. The summed E-state index contributed by atoms with van der Waals surface area (Å²) in [6.45, 7) is 0. The maximum atomic E-state index is 13.4. The summed E-state index contributed by atoms with van der Waals surface area (Å²) in [6, 6.07) is 10.9. The van der Waals surface area contributed by atoms with Crippen molar-refractivity contribution in [1.82, 2.24) is 0 Å². The van der Waals surface area contributed by atoms with E-state index in [1.54, 1.807) is 0 Å². The van der Waals surface area contributed by atoms with Gasteiger partial charge in [-0.1, -0.05) is 12.1 Å². The van der Waals surface area contributed by atoms with E-state index in [1.165, 1.54) is 30.3 Å². The van der Waals surface area contributed by atoms with Gasteiger partial charge in [-0.15, -0.1) is 0 Å². The molecule has 1 aliphatic rings. The Balaban J connectivity index is 2.39. The van der Waals surface area contributed by atoms with Crippen LogP contribution in [0.15, 0.2) is 48.0 Å². The number of esters is 1. The van der Waals surface area contributed by atoms with Crippen molar-refractivity contribution in [2.75, 3.05) is 7.11 Å². The molecule has 2 aromatic carbocycles. The molecule has 0 radical (unpaired) electrons. The van der Waals surface area contributed by atoms with Gasteiger partial charge in [-0.05, 0) is 29.3 Å². The number of halogens is 1. The van der Waals surface area contributed by atoms with E-state index in [-0.39, 0.29) is 22.5 Å². The number of fused-ring (bicyclic) bond motifs is 1. The van der Waals surface area contributed by atoms with Gasteiger partial charge in [-0.25, -0.2) is 9.18 Å². The van der Waals surface area contributed by atoms with Crippen LogP contribution in [-0.2, 0) is 14.9 Å².